The van der Waals surface area contributed by atoms with Crippen LogP contribution >= 0.6 is 0 Å². The number of aryl methyl sites for hydroxylation is 1. The Morgan fingerprint density at radius 3 is 2.65 bits per heavy atom. The molecule has 1 amide bonds. The van der Waals surface area contributed by atoms with Crippen molar-refractivity contribution in [3.63, 3.8) is 0 Å². The van der Waals surface area contributed by atoms with E-state index in [-0.39, 0.29) is 12.3 Å². The lowest BCUT2D eigenvalue weighted by Crippen LogP contribution is -2.13. The van der Waals surface area contributed by atoms with Crippen molar-refractivity contribution < 1.29 is 24.2 Å². The molecule has 0 aliphatic carbocycles. The number of hydrogen-bond donors (Lipinski definition) is 2. The van der Waals surface area contributed by atoms with Gasteiger partial charge in [0.15, 0.2) is 0 Å². The fraction of sp³-hybridized carbons (Fsp3) is 0.300. The predicted octanol–water partition coefficient (Wildman–Crippen LogP) is 3.75. The van der Waals surface area contributed by atoms with Crippen LogP contribution in [0.5, 0.6) is 11.5 Å². The number of carboxylic acid groups (broad SMARTS) is 1. The van der Waals surface area contributed by atoms with Crippen LogP contribution in [0.3, 0.4) is 0 Å². The molecule has 0 spiro atoms. The van der Waals surface area contributed by atoms with Gasteiger partial charge in [0.2, 0.25) is 0 Å². The summed E-state index contributed by atoms with van der Waals surface area (Å²) in [5.41, 5.74) is 1.80. The largest absolute Gasteiger partial charge is 0.497 e. The summed E-state index contributed by atoms with van der Waals surface area (Å²) in [5.74, 6) is -0.00334. The molecular formula is C20H23NO5. The van der Waals surface area contributed by atoms with Crippen LogP contribution in [0.4, 0.5) is 5.69 Å². The molecule has 0 saturated carbocycles. The van der Waals surface area contributed by atoms with E-state index in [1.807, 2.05) is 13.0 Å². The minimum atomic E-state index is -0.863. The summed E-state index contributed by atoms with van der Waals surface area (Å²) < 4.78 is 10.8. The van der Waals surface area contributed by atoms with Crippen molar-refractivity contribution in [1.82, 2.24) is 0 Å². The molecule has 0 aliphatic rings. The third-order valence-electron chi connectivity index (χ3n) is 3.71. The van der Waals surface area contributed by atoms with Gasteiger partial charge >= 0.3 is 5.97 Å². The molecule has 2 N–H and O–H groups in total. The number of rotatable bonds is 9. The zero-order valence-corrected chi connectivity index (χ0v) is 15.0. The van der Waals surface area contributed by atoms with E-state index >= 15 is 0 Å². The van der Waals surface area contributed by atoms with Gasteiger partial charge in [-0.2, -0.15) is 0 Å². The number of aliphatic carboxylic acids is 1. The quantitative estimate of drug-likeness (QED) is 0.714. The molecule has 6 nitrogen and oxygen atoms in total. The Morgan fingerprint density at radius 1 is 1.15 bits per heavy atom. The first-order valence-electron chi connectivity index (χ1n) is 8.46. The number of carbonyl (C=O) groups is 2. The molecule has 6 heteroatoms. The molecule has 2 aromatic carbocycles. The first-order valence-corrected chi connectivity index (χ1v) is 8.46. The lowest BCUT2D eigenvalue weighted by atomic mass is 10.1. The van der Waals surface area contributed by atoms with Crippen LogP contribution in [0.15, 0.2) is 42.5 Å². The fourth-order valence-corrected chi connectivity index (χ4v) is 2.38. The summed E-state index contributed by atoms with van der Waals surface area (Å²) in [4.78, 5) is 23.4. The number of ether oxygens (including phenoxy) is 2. The Morgan fingerprint density at radius 2 is 1.96 bits per heavy atom. The Kier molecular flexibility index (Phi) is 7.02. The van der Waals surface area contributed by atoms with Crippen molar-refractivity contribution in [3.05, 3.63) is 53.6 Å². The van der Waals surface area contributed by atoms with Crippen LogP contribution < -0.4 is 14.8 Å². The monoisotopic (exact) mass is 357 g/mol. The predicted molar refractivity (Wildman–Crippen MR) is 99.1 cm³/mol. The van der Waals surface area contributed by atoms with Crippen LogP contribution in [-0.2, 0) is 11.2 Å². The molecule has 26 heavy (non-hydrogen) atoms. The summed E-state index contributed by atoms with van der Waals surface area (Å²) in [6.07, 6.45) is 1.24. The minimum Gasteiger partial charge on any atom is -0.497 e. The molecule has 0 bridgehead atoms. The minimum absolute atomic E-state index is 0.0262. The van der Waals surface area contributed by atoms with Gasteiger partial charge in [-0.1, -0.05) is 19.1 Å². The van der Waals surface area contributed by atoms with Gasteiger partial charge in [-0.05, 0) is 48.7 Å². The smallest absolute Gasteiger partial charge is 0.303 e. The third kappa shape index (κ3) is 5.51. The van der Waals surface area contributed by atoms with Gasteiger partial charge in [0.1, 0.15) is 11.5 Å². The second-order valence-corrected chi connectivity index (χ2v) is 5.76. The van der Waals surface area contributed by atoms with Crippen molar-refractivity contribution in [3.8, 4) is 11.5 Å². The Bertz CT molecular complexity index is 773. The number of hydrogen-bond acceptors (Lipinski definition) is 4. The summed E-state index contributed by atoms with van der Waals surface area (Å²) in [6, 6.07) is 12.2. The number of amides is 1. The van der Waals surface area contributed by atoms with Gasteiger partial charge in [0, 0.05) is 12.0 Å². The van der Waals surface area contributed by atoms with E-state index in [1.165, 1.54) is 0 Å². The molecule has 0 atom stereocenters. The highest BCUT2D eigenvalue weighted by Gasteiger charge is 2.12. The second-order valence-electron chi connectivity index (χ2n) is 5.76. The molecule has 138 valence electrons. The van der Waals surface area contributed by atoms with Crippen molar-refractivity contribution in [1.29, 1.82) is 0 Å². The van der Waals surface area contributed by atoms with Gasteiger partial charge < -0.3 is 19.9 Å². The zero-order chi connectivity index (χ0) is 18.9. The third-order valence-corrected chi connectivity index (χ3v) is 3.71. The van der Waals surface area contributed by atoms with Crippen molar-refractivity contribution in [2.45, 2.75) is 26.2 Å². The van der Waals surface area contributed by atoms with E-state index in [2.05, 4.69) is 5.32 Å². The van der Waals surface area contributed by atoms with E-state index in [9.17, 15) is 9.59 Å². The lowest BCUT2D eigenvalue weighted by Gasteiger charge is -2.14. The van der Waals surface area contributed by atoms with Crippen molar-refractivity contribution >= 4 is 17.6 Å². The number of methoxy groups -OCH3 is 1. The first-order chi connectivity index (χ1) is 12.5. The maximum Gasteiger partial charge on any atom is 0.303 e. The van der Waals surface area contributed by atoms with Crippen LogP contribution in [-0.4, -0.2) is 30.7 Å². The molecule has 0 saturated heterocycles. The van der Waals surface area contributed by atoms with E-state index in [0.29, 0.717) is 35.8 Å². The molecule has 2 rings (SSSR count). The van der Waals surface area contributed by atoms with Gasteiger partial charge in [-0.15, -0.1) is 0 Å². The molecule has 0 unspecified atom stereocenters. The van der Waals surface area contributed by atoms with E-state index in [4.69, 9.17) is 14.6 Å². The molecular weight excluding hydrogens is 334 g/mol. The lowest BCUT2D eigenvalue weighted by molar-refractivity contribution is -0.136. The summed E-state index contributed by atoms with van der Waals surface area (Å²) in [6.45, 7) is 2.52. The van der Waals surface area contributed by atoms with E-state index in [0.717, 1.165) is 12.0 Å². The summed E-state index contributed by atoms with van der Waals surface area (Å²) in [5, 5.41) is 11.7. The van der Waals surface area contributed by atoms with Crippen LogP contribution in [0.25, 0.3) is 0 Å². The molecule has 2 aromatic rings. The number of carboxylic acids is 1. The molecule has 0 aromatic heterocycles. The summed E-state index contributed by atoms with van der Waals surface area (Å²) >= 11 is 0. The maximum absolute atomic E-state index is 12.6. The number of anilines is 1. The van der Waals surface area contributed by atoms with E-state index in [1.54, 1.807) is 43.5 Å². The van der Waals surface area contributed by atoms with Gasteiger partial charge in [-0.3, -0.25) is 9.59 Å². The van der Waals surface area contributed by atoms with Gasteiger partial charge in [-0.25, -0.2) is 0 Å². The Hall–Kier alpha value is -3.02. The highest BCUT2D eigenvalue weighted by atomic mass is 16.5. The van der Waals surface area contributed by atoms with Crippen molar-refractivity contribution in [2.24, 2.45) is 0 Å². The topological polar surface area (TPSA) is 84.9 Å². The van der Waals surface area contributed by atoms with E-state index < -0.39 is 5.97 Å². The van der Waals surface area contributed by atoms with Gasteiger partial charge in [0.25, 0.3) is 5.91 Å². The number of benzene rings is 2. The molecule has 0 radical (unpaired) electrons. The van der Waals surface area contributed by atoms with Crippen LogP contribution in [0.1, 0.15) is 35.7 Å². The number of carbonyl (C=O) groups excluding carboxylic acids is 1. The second kappa shape index (κ2) is 9.46. The normalized spacial score (nSPS) is 10.2. The van der Waals surface area contributed by atoms with Crippen LogP contribution in [0, 0.1) is 0 Å². The summed E-state index contributed by atoms with van der Waals surface area (Å²) in [7, 11) is 1.54. The Labute approximate surface area is 152 Å². The van der Waals surface area contributed by atoms with Gasteiger partial charge in [0.05, 0.1) is 19.4 Å². The molecule has 0 aliphatic heterocycles. The average Bonchev–Trinajstić information content (AvgIpc) is 2.65. The SMILES string of the molecule is CCCOc1ccc(CCC(=O)O)cc1NC(=O)c1cccc(OC)c1. The fourth-order valence-electron chi connectivity index (χ4n) is 2.38. The highest BCUT2D eigenvalue weighted by Crippen LogP contribution is 2.27. The first kappa shape index (κ1) is 19.3. The zero-order valence-electron chi connectivity index (χ0n) is 15.0. The standard InChI is InChI=1S/C20H23NO5/c1-3-11-26-18-9-7-14(8-10-19(22)23)12-17(18)21-20(24)15-5-4-6-16(13-15)25-2/h4-7,9,12-13H,3,8,10-11H2,1-2H3,(H,21,24)(H,22,23). The average molecular weight is 357 g/mol. The number of nitrogens with one attached hydrogen (secondary N) is 1. The molecule has 0 fully saturated rings. The van der Waals surface area contributed by atoms with Crippen LogP contribution in [0.2, 0.25) is 0 Å². The maximum atomic E-state index is 12.6. The molecule has 0 heterocycles. The van der Waals surface area contributed by atoms with Crippen molar-refractivity contribution in [2.75, 3.05) is 19.0 Å². The Balaban J connectivity index is 2.23. The highest BCUT2D eigenvalue weighted by molar-refractivity contribution is 6.05.